The number of halogens is 2. The summed E-state index contributed by atoms with van der Waals surface area (Å²) in [5.74, 6) is 0.215. The first-order valence-electron chi connectivity index (χ1n) is 11.5. The van der Waals surface area contributed by atoms with Crippen LogP contribution in [0.4, 0.5) is 0 Å². The number of hydrogen-bond donors (Lipinski definition) is 1. The first-order valence-corrected chi connectivity index (χ1v) is 12.2. The highest BCUT2D eigenvalue weighted by Crippen LogP contribution is 2.24. The van der Waals surface area contributed by atoms with E-state index in [2.05, 4.69) is 5.32 Å². The molecule has 33 heavy (non-hydrogen) atoms. The number of carbonyl (C=O) groups is 2. The van der Waals surface area contributed by atoms with Gasteiger partial charge in [-0.1, -0.05) is 60.7 Å². The summed E-state index contributed by atoms with van der Waals surface area (Å²) in [5.41, 5.74) is 2.72. The Morgan fingerprint density at radius 2 is 1.82 bits per heavy atom. The lowest BCUT2D eigenvalue weighted by molar-refractivity contribution is -0.142. The first kappa shape index (κ1) is 25.4. The van der Waals surface area contributed by atoms with Crippen LogP contribution in [0.1, 0.15) is 55.7 Å². The molecule has 2 aromatic rings. The number of rotatable bonds is 8. The van der Waals surface area contributed by atoms with Gasteiger partial charge in [-0.3, -0.25) is 9.59 Å². The van der Waals surface area contributed by atoms with Crippen molar-refractivity contribution < 1.29 is 14.3 Å². The lowest BCUT2D eigenvalue weighted by Crippen LogP contribution is -2.51. The van der Waals surface area contributed by atoms with Crippen molar-refractivity contribution in [2.75, 3.05) is 6.61 Å². The van der Waals surface area contributed by atoms with E-state index in [0.717, 1.165) is 42.4 Å². The van der Waals surface area contributed by atoms with E-state index < -0.39 is 6.04 Å². The van der Waals surface area contributed by atoms with E-state index in [0.29, 0.717) is 15.8 Å². The molecular weight excluding hydrogens is 459 g/mol. The van der Waals surface area contributed by atoms with Gasteiger partial charge in [-0.05, 0) is 68.5 Å². The SMILES string of the molecule is Cc1ccc(C)c(OCC(=O)N(Cc2ccc(Cl)cc2Cl)[C@H](C)C(=O)NC2CCCCC2)c1. The Hall–Kier alpha value is -2.24. The van der Waals surface area contributed by atoms with Crippen LogP contribution >= 0.6 is 23.2 Å². The average molecular weight is 491 g/mol. The fourth-order valence-electron chi connectivity index (χ4n) is 4.07. The van der Waals surface area contributed by atoms with Gasteiger partial charge in [0.05, 0.1) is 0 Å². The van der Waals surface area contributed by atoms with Crippen LogP contribution < -0.4 is 10.1 Å². The smallest absolute Gasteiger partial charge is 0.261 e. The number of hydrogen-bond acceptors (Lipinski definition) is 3. The Labute approximate surface area is 206 Å². The predicted octanol–water partition coefficient (Wildman–Crippen LogP) is 5.86. The average Bonchev–Trinajstić information content (AvgIpc) is 2.79. The molecule has 0 spiro atoms. The van der Waals surface area contributed by atoms with Crippen molar-refractivity contribution in [3.05, 3.63) is 63.1 Å². The fourth-order valence-corrected chi connectivity index (χ4v) is 4.54. The summed E-state index contributed by atoms with van der Waals surface area (Å²) in [6, 6.07) is 10.5. The Morgan fingerprint density at radius 1 is 1.09 bits per heavy atom. The molecule has 3 rings (SSSR count). The van der Waals surface area contributed by atoms with Crippen LogP contribution in [-0.2, 0) is 16.1 Å². The van der Waals surface area contributed by atoms with E-state index in [9.17, 15) is 9.59 Å². The van der Waals surface area contributed by atoms with Gasteiger partial charge in [-0.25, -0.2) is 0 Å². The van der Waals surface area contributed by atoms with Crippen LogP contribution in [0, 0.1) is 13.8 Å². The van der Waals surface area contributed by atoms with Gasteiger partial charge in [0.2, 0.25) is 5.91 Å². The molecule has 2 aromatic carbocycles. The van der Waals surface area contributed by atoms with Gasteiger partial charge in [0.1, 0.15) is 11.8 Å². The third-order valence-corrected chi connectivity index (χ3v) is 6.76. The molecule has 1 aliphatic carbocycles. The monoisotopic (exact) mass is 490 g/mol. The van der Waals surface area contributed by atoms with Crippen molar-refractivity contribution in [1.29, 1.82) is 0 Å². The molecule has 1 fully saturated rings. The Bertz CT molecular complexity index is 989. The molecule has 1 atom stereocenters. The number of aryl methyl sites for hydroxylation is 2. The summed E-state index contributed by atoms with van der Waals surface area (Å²) in [5, 5.41) is 4.10. The Morgan fingerprint density at radius 3 is 2.52 bits per heavy atom. The van der Waals surface area contributed by atoms with Crippen molar-refractivity contribution >= 4 is 35.0 Å². The molecule has 7 heteroatoms. The molecule has 5 nitrogen and oxygen atoms in total. The van der Waals surface area contributed by atoms with Crippen LogP contribution in [0.3, 0.4) is 0 Å². The predicted molar refractivity (Wildman–Crippen MR) is 133 cm³/mol. The van der Waals surface area contributed by atoms with E-state index in [1.165, 1.54) is 11.3 Å². The molecule has 0 bridgehead atoms. The van der Waals surface area contributed by atoms with Crippen molar-refractivity contribution in [2.24, 2.45) is 0 Å². The van der Waals surface area contributed by atoms with Crippen molar-refractivity contribution in [1.82, 2.24) is 10.2 Å². The molecule has 0 saturated heterocycles. The molecule has 0 radical (unpaired) electrons. The van der Waals surface area contributed by atoms with Crippen molar-refractivity contribution in [3.63, 3.8) is 0 Å². The Balaban J connectivity index is 1.76. The van der Waals surface area contributed by atoms with Crippen LogP contribution in [0.5, 0.6) is 5.75 Å². The number of carbonyl (C=O) groups excluding carboxylic acids is 2. The number of nitrogens with one attached hydrogen (secondary N) is 1. The standard InChI is InChI=1S/C26H32Cl2N2O3/c1-17-9-10-18(2)24(13-17)33-16-25(31)30(15-20-11-12-21(27)14-23(20)28)19(3)26(32)29-22-7-5-4-6-8-22/h9-14,19,22H,4-8,15-16H2,1-3H3,(H,29,32)/t19-/m1/s1. The zero-order valence-electron chi connectivity index (χ0n) is 19.5. The highest BCUT2D eigenvalue weighted by molar-refractivity contribution is 6.35. The topological polar surface area (TPSA) is 58.6 Å². The zero-order valence-corrected chi connectivity index (χ0v) is 21.0. The minimum Gasteiger partial charge on any atom is -0.483 e. The third kappa shape index (κ3) is 7.12. The quantitative estimate of drug-likeness (QED) is 0.504. The fraction of sp³-hybridized carbons (Fsp3) is 0.462. The molecule has 0 heterocycles. The van der Waals surface area contributed by atoms with Gasteiger partial charge in [-0.2, -0.15) is 0 Å². The summed E-state index contributed by atoms with van der Waals surface area (Å²) in [4.78, 5) is 27.9. The second kappa shape index (κ2) is 11.8. The van der Waals surface area contributed by atoms with E-state index in [4.69, 9.17) is 27.9 Å². The minimum absolute atomic E-state index is 0.160. The van der Waals surface area contributed by atoms with Gasteiger partial charge in [-0.15, -0.1) is 0 Å². The second-order valence-corrected chi connectivity index (χ2v) is 9.68. The maximum atomic E-state index is 13.3. The maximum absolute atomic E-state index is 13.3. The van der Waals surface area contributed by atoms with Crippen LogP contribution in [-0.4, -0.2) is 35.4 Å². The third-order valence-electron chi connectivity index (χ3n) is 6.17. The molecule has 1 aliphatic rings. The summed E-state index contributed by atoms with van der Waals surface area (Å²) >= 11 is 12.4. The number of ether oxygens (including phenoxy) is 1. The van der Waals surface area contributed by atoms with E-state index in [1.54, 1.807) is 25.1 Å². The van der Waals surface area contributed by atoms with Gasteiger partial charge in [0, 0.05) is 22.6 Å². The van der Waals surface area contributed by atoms with Gasteiger partial charge < -0.3 is 15.0 Å². The van der Waals surface area contributed by atoms with Crippen LogP contribution in [0.25, 0.3) is 0 Å². The highest BCUT2D eigenvalue weighted by atomic mass is 35.5. The summed E-state index contributed by atoms with van der Waals surface area (Å²) < 4.78 is 5.85. The molecule has 0 aliphatic heterocycles. The molecular formula is C26H32Cl2N2O3. The summed E-state index contributed by atoms with van der Waals surface area (Å²) in [7, 11) is 0. The number of benzene rings is 2. The molecule has 178 valence electrons. The zero-order chi connectivity index (χ0) is 24.0. The lowest BCUT2D eigenvalue weighted by atomic mass is 9.95. The molecule has 1 N–H and O–H groups in total. The lowest BCUT2D eigenvalue weighted by Gasteiger charge is -2.31. The molecule has 2 amide bonds. The first-order chi connectivity index (χ1) is 15.7. The maximum Gasteiger partial charge on any atom is 0.261 e. The summed E-state index contributed by atoms with van der Waals surface area (Å²) in [6.07, 6.45) is 5.39. The van der Waals surface area contributed by atoms with Gasteiger partial charge in [0.25, 0.3) is 5.91 Å². The van der Waals surface area contributed by atoms with Crippen LogP contribution in [0.2, 0.25) is 10.0 Å². The highest BCUT2D eigenvalue weighted by Gasteiger charge is 2.29. The largest absolute Gasteiger partial charge is 0.483 e. The molecule has 1 saturated carbocycles. The minimum atomic E-state index is -0.673. The Kier molecular flexibility index (Phi) is 9.04. The number of nitrogens with zero attached hydrogens (tertiary/aromatic N) is 1. The molecule has 0 aromatic heterocycles. The van der Waals surface area contributed by atoms with Crippen molar-refractivity contribution in [3.8, 4) is 5.75 Å². The van der Waals surface area contributed by atoms with Crippen molar-refractivity contribution in [2.45, 2.75) is 71.5 Å². The van der Waals surface area contributed by atoms with Gasteiger partial charge in [0.15, 0.2) is 6.61 Å². The van der Waals surface area contributed by atoms with E-state index >= 15 is 0 Å². The molecule has 0 unspecified atom stereocenters. The van der Waals surface area contributed by atoms with Gasteiger partial charge >= 0.3 is 0 Å². The van der Waals surface area contributed by atoms with E-state index in [1.807, 2.05) is 32.0 Å². The summed E-state index contributed by atoms with van der Waals surface area (Å²) in [6.45, 7) is 5.67. The normalized spacial score (nSPS) is 15.1. The second-order valence-electron chi connectivity index (χ2n) is 8.83. The van der Waals surface area contributed by atoms with E-state index in [-0.39, 0.29) is 31.0 Å². The van der Waals surface area contributed by atoms with Crippen LogP contribution in [0.15, 0.2) is 36.4 Å². The number of amides is 2.